The van der Waals surface area contributed by atoms with E-state index in [0.29, 0.717) is 22.6 Å². The number of hydrogen-bond donors (Lipinski definition) is 2. The standard InChI is InChI=1S/C26H26ClFN6O2/c1-3-29-25-20-10-9-19(16-4-7-18(8-5-16)36-14-28)24(20)32-26(33-25)31-17-6-11-21(22(12-17)35-2)34-13-23(27)30-15-34/h4-8,11-13,15,19H,3,9-10,14H2,1-2H3,(H2,29,31,32,33)/t19-/m1/s1. The number of alkyl halides is 1. The van der Waals surface area contributed by atoms with Gasteiger partial charge >= 0.3 is 0 Å². The molecule has 0 bridgehead atoms. The third-order valence-electron chi connectivity index (χ3n) is 6.17. The van der Waals surface area contributed by atoms with E-state index in [1.54, 1.807) is 36.3 Å². The van der Waals surface area contributed by atoms with Crippen molar-refractivity contribution in [2.45, 2.75) is 25.7 Å². The SMILES string of the molecule is CCNc1nc(Nc2ccc(-n3cnc(Cl)c3)c(OC)c2)nc2c1CC[C@@H]2c1ccc(OCF)cc1. The summed E-state index contributed by atoms with van der Waals surface area (Å²) in [5.41, 5.74) is 4.81. The second kappa shape index (κ2) is 10.4. The second-order valence-electron chi connectivity index (χ2n) is 8.32. The highest BCUT2D eigenvalue weighted by molar-refractivity contribution is 6.29. The average molecular weight is 509 g/mol. The molecule has 1 aliphatic rings. The number of ether oxygens (including phenoxy) is 2. The molecule has 2 N–H and O–H groups in total. The molecule has 2 heterocycles. The third-order valence-corrected chi connectivity index (χ3v) is 6.36. The molecule has 0 radical (unpaired) electrons. The molecule has 8 nitrogen and oxygen atoms in total. The van der Waals surface area contributed by atoms with E-state index in [0.717, 1.165) is 53.4 Å². The van der Waals surface area contributed by atoms with Crippen LogP contribution in [0.15, 0.2) is 55.0 Å². The quantitative estimate of drug-likeness (QED) is 0.292. The lowest BCUT2D eigenvalue weighted by molar-refractivity contribution is 0.191. The van der Waals surface area contributed by atoms with Gasteiger partial charge in [-0.3, -0.25) is 0 Å². The summed E-state index contributed by atoms with van der Waals surface area (Å²) in [6, 6.07) is 13.3. The van der Waals surface area contributed by atoms with E-state index in [-0.39, 0.29) is 5.92 Å². The molecular formula is C26H26ClFN6O2. The molecule has 1 aliphatic carbocycles. The summed E-state index contributed by atoms with van der Waals surface area (Å²) in [5, 5.41) is 7.12. The molecule has 2 aromatic heterocycles. The largest absolute Gasteiger partial charge is 0.494 e. The van der Waals surface area contributed by atoms with Gasteiger partial charge in [-0.05, 0) is 49.6 Å². The van der Waals surface area contributed by atoms with Crippen LogP contribution in [0.5, 0.6) is 11.5 Å². The Hall–Kier alpha value is -3.85. The molecular weight excluding hydrogens is 483 g/mol. The van der Waals surface area contributed by atoms with E-state index in [1.165, 1.54) is 0 Å². The molecule has 4 aromatic rings. The van der Waals surface area contributed by atoms with Gasteiger partial charge in [0.2, 0.25) is 12.8 Å². The molecule has 0 saturated heterocycles. The smallest absolute Gasteiger partial charge is 0.229 e. The summed E-state index contributed by atoms with van der Waals surface area (Å²) in [6.45, 7) is 1.95. The number of imidazole rings is 1. The van der Waals surface area contributed by atoms with Crippen molar-refractivity contribution >= 4 is 29.1 Å². The number of nitrogens with one attached hydrogen (secondary N) is 2. The van der Waals surface area contributed by atoms with Gasteiger partial charge in [-0.2, -0.15) is 4.98 Å². The van der Waals surface area contributed by atoms with Crippen LogP contribution in [0.25, 0.3) is 5.69 Å². The summed E-state index contributed by atoms with van der Waals surface area (Å²) in [4.78, 5) is 13.8. The minimum Gasteiger partial charge on any atom is -0.494 e. The van der Waals surface area contributed by atoms with Crippen LogP contribution in [0.3, 0.4) is 0 Å². The van der Waals surface area contributed by atoms with Crippen LogP contribution in [0.1, 0.15) is 36.1 Å². The van der Waals surface area contributed by atoms with Gasteiger partial charge in [0, 0.05) is 36.0 Å². The maximum atomic E-state index is 12.5. The Labute approximate surface area is 213 Å². The molecule has 0 unspecified atom stereocenters. The normalized spacial score (nSPS) is 14.4. The predicted molar refractivity (Wildman–Crippen MR) is 138 cm³/mol. The fraction of sp³-hybridized carbons (Fsp3) is 0.269. The summed E-state index contributed by atoms with van der Waals surface area (Å²) < 4.78 is 24.9. The van der Waals surface area contributed by atoms with Crippen molar-refractivity contribution in [2.24, 2.45) is 0 Å². The van der Waals surface area contributed by atoms with E-state index < -0.39 is 6.86 Å². The Morgan fingerprint density at radius 2 is 2.00 bits per heavy atom. The molecule has 186 valence electrons. The average Bonchev–Trinajstić information content (AvgIpc) is 3.51. The minimum absolute atomic E-state index is 0.114. The highest BCUT2D eigenvalue weighted by atomic mass is 35.5. The molecule has 0 aliphatic heterocycles. The van der Waals surface area contributed by atoms with Crippen molar-refractivity contribution in [3.63, 3.8) is 0 Å². The summed E-state index contributed by atoms with van der Waals surface area (Å²) in [5.74, 6) is 2.60. The van der Waals surface area contributed by atoms with E-state index in [9.17, 15) is 4.39 Å². The number of anilines is 3. The van der Waals surface area contributed by atoms with Gasteiger partial charge < -0.3 is 24.7 Å². The van der Waals surface area contributed by atoms with Gasteiger partial charge in [-0.15, -0.1) is 0 Å². The van der Waals surface area contributed by atoms with Gasteiger partial charge in [0.1, 0.15) is 28.8 Å². The van der Waals surface area contributed by atoms with Crippen molar-refractivity contribution < 1.29 is 13.9 Å². The highest BCUT2D eigenvalue weighted by Gasteiger charge is 2.29. The fourth-order valence-electron chi connectivity index (χ4n) is 4.54. The number of benzene rings is 2. The van der Waals surface area contributed by atoms with Gasteiger partial charge in [-0.25, -0.2) is 14.4 Å². The van der Waals surface area contributed by atoms with Crippen LogP contribution in [0.4, 0.5) is 21.8 Å². The molecule has 36 heavy (non-hydrogen) atoms. The Balaban J connectivity index is 1.46. The molecule has 5 rings (SSSR count). The zero-order chi connectivity index (χ0) is 25.1. The van der Waals surface area contributed by atoms with Gasteiger partial charge in [0.25, 0.3) is 0 Å². The van der Waals surface area contributed by atoms with Crippen LogP contribution in [-0.2, 0) is 6.42 Å². The maximum Gasteiger partial charge on any atom is 0.229 e. The third kappa shape index (κ3) is 4.79. The first-order valence-corrected chi connectivity index (χ1v) is 12.1. The Morgan fingerprint density at radius 1 is 1.17 bits per heavy atom. The number of methoxy groups -OCH3 is 1. The van der Waals surface area contributed by atoms with Crippen LogP contribution >= 0.6 is 11.6 Å². The first kappa shape index (κ1) is 23.9. The van der Waals surface area contributed by atoms with Crippen molar-refractivity contribution in [3.8, 4) is 17.2 Å². The number of nitrogens with zero attached hydrogens (tertiary/aromatic N) is 4. The first-order chi connectivity index (χ1) is 17.6. The maximum absolute atomic E-state index is 12.5. The van der Waals surface area contributed by atoms with E-state index in [1.807, 2.05) is 37.3 Å². The number of rotatable bonds is 9. The van der Waals surface area contributed by atoms with Crippen molar-refractivity contribution in [1.29, 1.82) is 0 Å². The predicted octanol–water partition coefficient (Wildman–Crippen LogP) is 5.88. The monoisotopic (exact) mass is 508 g/mol. The van der Waals surface area contributed by atoms with Crippen molar-refractivity contribution in [1.82, 2.24) is 19.5 Å². The number of halogens is 2. The molecule has 0 amide bonds. The molecule has 10 heteroatoms. The number of fused-ring (bicyclic) bond motifs is 1. The van der Waals surface area contributed by atoms with Crippen molar-refractivity contribution in [3.05, 3.63) is 77.0 Å². The second-order valence-corrected chi connectivity index (χ2v) is 8.71. The number of hydrogen-bond acceptors (Lipinski definition) is 7. The molecule has 0 saturated carbocycles. The summed E-state index contributed by atoms with van der Waals surface area (Å²) in [7, 11) is 1.62. The van der Waals surface area contributed by atoms with Crippen LogP contribution in [0.2, 0.25) is 5.15 Å². The topological polar surface area (TPSA) is 86.1 Å². The summed E-state index contributed by atoms with van der Waals surface area (Å²) >= 11 is 5.98. The van der Waals surface area contributed by atoms with E-state index in [2.05, 4.69) is 15.6 Å². The minimum atomic E-state index is -0.845. The molecule has 2 aromatic carbocycles. The van der Waals surface area contributed by atoms with Gasteiger partial charge in [0.15, 0.2) is 0 Å². The zero-order valence-corrected chi connectivity index (χ0v) is 20.7. The Kier molecular flexibility index (Phi) is 6.90. The van der Waals surface area contributed by atoms with Crippen LogP contribution < -0.4 is 20.1 Å². The lowest BCUT2D eigenvalue weighted by Crippen LogP contribution is -2.10. The Morgan fingerprint density at radius 3 is 2.69 bits per heavy atom. The summed E-state index contributed by atoms with van der Waals surface area (Å²) in [6.07, 6.45) is 5.15. The lowest BCUT2D eigenvalue weighted by Gasteiger charge is -2.16. The number of aromatic nitrogens is 4. The lowest BCUT2D eigenvalue weighted by atomic mass is 9.96. The van der Waals surface area contributed by atoms with Crippen LogP contribution in [-0.4, -0.2) is 40.0 Å². The van der Waals surface area contributed by atoms with Crippen LogP contribution in [0, 0.1) is 0 Å². The highest BCUT2D eigenvalue weighted by Crippen LogP contribution is 2.41. The van der Waals surface area contributed by atoms with Crippen molar-refractivity contribution in [2.75, 3.05) is 31.1 Å². The molecule has 1 atom stereocenters. The van der Waals surface area contributed by atoms with E-state index >= 15 is 0 Å². The molecule has 0 fully saturated rings. The van der Waals surface area contributed by atoms with Gasteiger partial charge in [0.05, 0.1) is 18.5 Å². The first-order valence-electron chi connectivity index (χ1n) is 11.7. The van der Waals surface area contributed by atoms with E-state index in [4.69, 9.17) is 31.0 Å². The fourth-order valence-corrected chi connectivity index (χ4v) is 4.69. The van der Waals surface area contributed by atoms with Gasteiger partial charge in [-0.1, -0.05) is 23.7 Å². The Bertz CT molecular complexity index is 1360. The molecule has 0 spiro atoms. The zero-order valence-electron chi connectivity index (χ0n) is 20.0.